The molecule has 2 amide bonds. The zero-order valence-corrected chi connectivity index (χ0v) is 15.8. The van der Waals surface area contributed by atoms with Crippen LogP contribution in [0.15, 0.2) is 48.5 Å². The lowest BCUT2D eigenvalue weighted by atomic mass is 10.1. The second-order valence-electron chi connectivity index (χ2n) is 6.63. The number of amides is 2. The largest absolute Gasteiger partial charge is 0.497 e. The summed E-state index contributed by atoms with van der Waals surface area (Å²) in [6.07, 6.45) is 0.0511. The third-order valence-corrected chi connectivity index (χ3v) is 4.47. The van der Waals surface area contributed by atoms with Crippen LogP contribution in [-0.4, -0.2) is 38.0 Å². The molecule has 2 aromatic rings. The molecule has 0 radical (unpaired) electrons. The van der Waals surface area contributed by atoms with E-state index in [1.54, 1.807) is 37.4 Å². The molecule has 7 heteroatoms. The van der Waals surface area contributed by atoms with E-state index in [-0.39, 0.29) is 18.9 Å². The van der Waals surface area contributed by atoms with E-state index in [4.69, 9.17) is 9.47 Å². The van der Waals surface area contributed by atoms with Crippen LogP contribution in [0.4, 0.5) is 11.4 Å². The predicted octanol–water partition coefficient (Wildman–Crippen LogP) is 2.54. The average Bonchev–Trinajstić information content (AvgIpc) is 3.08. The van der Waals surface area contributed by atoms with Gasteiger partial charge in [0.1, 0.15) is 5.75 Å². The van der Waals surface area contributed by atoms with Gasteiger partial charge in [-0.05, 0) is 36.8 Å². The van der Waals surface area contributed by atoms with Gasteiger partial charge in [0.25, 0.3) is 5.91 Å². The van der Waals surface area contributed by atoms with E-state index in [1.165, 1.54) is 4.90 Å². The maximum Gasteiger partial charge on any atom is 0.311 e. The van der Waals surface area contributed by atoms with Crippen LogP contribution >= 0.6 is 0 Å². The number of hydrogen-bond acceptors (Lipinski definition) is 5. The molecule has 1 N–H and O–H groups in total. The number of anilines is 2. The summed E-state index contributed by atoms with van der Waals surface area (Å²) in [6.45, 7) is 1.74. The van der Waals surface area contributed by atoms with Crippen LogP contribution in [0.1, 0.15) is 12.0 Å². The quantitative estimate of drug-likeness (QED) is 0.776. The first-order chi connectivity index (χ1) is 13.5. The van der Waals surface area contributed by atoms with Crippen LogP contribution in [0.25, 0.3) is 0 Å². The Kier molecular flexibility index (Phi) is 5.93. The number of methoxy groups -OCH3 is 1. The molecule has 0 aromatic heterocycles. The smallest absolute Gasteiger partial charge is 0.311 e. The lowest BCUT2D eigenvalue weighted by molar-refractivity contribution is -0.151. The van der Waals surface area contributed by atoms with Gasteiger partial charge in [-0.15, -0.1) is 0 Å². The van der Waals surface area contributed by atoms with E-state index in [0.29, 0.717) is 17.1 Å². The summed E-state index contributed by atoms with van der Waals surface area (Å²) in [7, 11) is 1.55. The fourth-order valence-corrected chi connectivity index (χ4v) is 3.07. The molecule has 28 heavy (non-hydrogen) atoms. The molecule has 1 saturated heterocycles. The highest BCUT2D eigenvalue weighted by atomic mass is 16.5. The third kappa shape index (κ3) is 4.68. The molecule has 0 spiro atoms. The monoisotopic (exact) mass is 382 g/mol. The maximum atomic E-state index is 12.3. The van der Waals surface area contributed by atoms with Gasteiger partial charge >= 0.3 is 5.97 Å². The molecule has 0 bridgehead atoms. The Morgan fingerprint density at radius 1 is 1.18 bits per heavy atom. The van der Waals surface area contributed by atoms with E-state index in [1.807, 2.05) is 25.1 Å². The first-order valence-corrected chi connectivity index (χ1v) is 8.94. The van der Waals surface area contributed by atoms with Gasteiger partial charge in [0.2, 0.25) is 5.91 Å². The highest BCUT2D eigenvalue weighted by Crippen LogP contribution is 2.28. The van der Waals surface area contributed by atoms with Gasteiger partial charge in [-0.2, -0.15) is 0 Å². The van der Waals surface area contributed by atoms with Crippen LogP contribution in [0.5, 0.6) is 5.75 Å². The first-order valence-electron chi connectivity index (χ1n) is 8.94. The van der Waals surface area contributed by atoms with E-state index >= 15 is 0 Å². The summed E-state index contributed by atoms with van der Waals surface area (Å²) in [5, 5.41) is 2.68. The lowest BCUT2D eigenvalue weighted by Gasteiger charge is -2.17. The second kappa shape index (κ2) is 8.56. The van der Waals surface area contributed by atoms with Gasteiger partial charge in [0.15, 0.2) is 6.61 Å². The summed E-state index contributed by atoms with van der Waals surface area (Å²) in [5.41, 5.74) is 2.31. The van der Waals surface area contributed by atoms with Crippen LogP contribution in [0.2, 0.25) is 0 Å². The fourth-order valence-electron chi connectivity index (χ4n) is 3.07. The zero-order chi connectivity index (χ0) is 20.1. The summed E-state index contributed by atoms with van der Waals surface area (Å²) in [4.78, 5) is 38.1. The van der Waals surface area contributed by atoms with E-state index in [0.717, 1.165) is 5.56 Å². The summed E-state index contributed by atoms with van der Waals surface area (Å²) in [5.74, 6) is -1.12. The van der Waals surface area contributed by atoms with E-state index in [2.05, 4.69) is 5.32 Å². The predicted molar refractivity (Wildman–Crippen MR) is 104 cm³/mol. The van der Waals surface area contributed by atoms with Gasteiger partial charge in [-0.25, -0.2) is 0 Å². The average molecular weight is 382 g/mol. The number of ether oxygens (including phenoxy) is 2. The summed E-state index contributed by atoms with van der Waals surface area (Å²) in [6, 6.07) is 14.4. The highest BCUT2D eigenvalue weighted by Gasteiger charge is 2.36. The first kappa shape index (κ1) is 19.4. The summed E-state index contributed by atoms with van der Waals surface area (Å²) < 4.78 is 10.3. The Morgan fingerprint density at radius 3 is 2.71 bits per heavy atom. The van der Waals surface area contributed by atoms with Crippen molar-refractivity contribution in [3.8, 4) is 5.75 Å². The molecule has 2 aromatic carbocycles. The van der Waals surface area contributed by atoms with Crippen LogP contribution in [0.3, 0.4) is 0 Å². The molecular formula is C21H22N2O5. The second-order valence-corrected chi connectivity index (χ2v) is 6.63. The molecule has 0 saturated carbocycles. The molecule has 3 rings (SSSR count). The van der Waals surface area contributed by atoms with Crippen molar-refractivity contribution >= 4 is 29.2 Å². The van der Waals surface area contributed by atoms with Gasteiger partial charge in [0.05, 0.1) is 13.0 Å². The highest BCUT2D eigenvalue weighted by molar-refractivity contribution is 6.00. The van der Waals surface area contributed by atoms with Crippen LogP contribution in [0, 0.1) is 12.8 Å². The Morgan fingerprint density at radius 2 is 1.96 bits per heavy atom. The Balaban J connectivity index is 1.53. The molecule has 7 nitrogen and oxygen atoms in total. The van der Waals surface area contributed by atoms with Crippen molar-refractivity contribution in [2.45, 2.75) is 13.3 Å². The van der Waals surface area contributed by atoms with Crippen molar-refractivity contribution in [1.82, 2.24) is 0 Å². The molecule has 1 fully saturated rings. The minimum absolute atomic E-state index is 0.0511. The van der Waals surface area contributed by atoms with Crippen molar-refractivity contribution in [2.24, 2.45) is 5.92 Å². The zero-order valence-electron chi connectivity index (χ0n) is 15.8. The number of nitrogens with zero attached hydrogens (tertiary/aromatic N) is 1. The van der Waals surface area contributed by atoms with Gasteiger partial charge in [-0.1, -0.05) is 18.2 Å². The molecule has 1 aliphatic heterocycles. The number of carbonyl (C=O) groups excluding carboxylic acids is 3. The number of aryl methyl sites for hydroxylation is 1. The Bertz CT molecular complexity index is 896. The van der Waals surface area contributed by atoms with Crippen molar-refractivity contribution in [3.05, 3.63) is 54.1 Å². The Labute approximate surface area is 163 Å². The van der Waals surface area contributed by atoms with Crippen molar-refractivity contribution in [2.75, 3.05) is 30.5 Å². The number of nitrogens with one attached hydrogen (secondary N) is 1. The molecule has 0 aliphatic carbocycles. The minimum atomic E-state index is -0.606. The third-order valence-electron chi connectivity index (χ3n) is 4.47. The van der Waals surface area contributed by atoms with E-state index < -0.39 is 24.4 Å². The maximum absolute atomic E-state index is 12.3. The molecule has 1 heterocycles. The van der Waals surface area contributed by atoms with Gasteiger partial charge in [-0.3, -0.25) is 14.4 Å². The lowest BCUT2D eigenvalue weighted by Crippen LogP contribution is -2.28. The van der Waals surface area contributed by atoms with Crippen LogP contribution in [-0.2, 0) is 19.1 Å². The van der Waals surface area contributed by atoms with E-state index in [9.17, 15) is 14.4 Å². The molecule has 1 aliphatic rings. The summed E-state index contributed by atoms with van der Waals surface area (Å²) >= 11 is 0. The minimum Gasteiger partial charge on any atom is -0.497 e. The van der Waals surface area contributed by atoms with Crippen LogP contribution < -0.4 is 15.0 Å². The molecule has 146 valence electrons. The molecular weight excluding hydrogens is 360 g/mol. The number of hydrogen-bond donors (Lipinski definition) is 1. The number of esters is 1. The molecule has 1 atom stereocenters. The number of rotatable bonds is 6. The van der Waals surface area contributed by atoms with Gasteiger partial charge < -0.3 is 19.7 Å². The standard InChI is InChI=1S/C21H22N2O5/c1-14-5-3-6-16(9-14)22-19(24)13-28-21(26)15-10-20(25)23(12-15)17-7-4-8-18(11-17)27-2/h3-9,11,15H,10,12-13H2,1-2H3,(H,22,24)/t15-/m1/s1. The fraction of sp³-hybridized carbons (Fsp3) is 0.286. The number of carbonyl (C=O) groups is 3. The van der Waals surface area contributed by atoms with Crippen molar-refractivity contribution < 1.29 is 23.9 Å². The SMILES string of the molecule is COc1cccc(N2C[C@H](C(=O)OCC(=O)Nc3cccc(C)c3)CC2=O)c1. The topological polar surface area (TPSA) is 84.9 Å². The van der Waals surface area contributed by atoms with Crippen molar-refractivity contribution in [3.63, 3.8) is 0 Å². The number of benzene rings is 2. The van der Waals surface area contributed by atoms with Crippen molar-refractivity contribution in [1.29, 1.82) is 0 Å². The molecule has 0 unspecified atom stereocenters. The normalized spacial score (nSPS) is 16.0. The Hall–Kier alpha value is -3.35. The van der Waals surface area contributed by atoms with Gasteiger partial charge in [0, 0.05) is 30.4 Å².